The van der Waals surface area contributed by atoms with Crippen LogP contribution in [-0.4, -0.2) is 41.9 Å². The standard InChI is InChI=1S/C24H27ClN4O2/c1-16-12-22(17(2)29(16)21-10-8-19(25)9-11-21)24(31)26-14-18-6-5-7-20(13-18)27-23(30)15-28(3)4/h5-13H,14-15H2,1-4H3,(H,26,31)(H,27,30). The molecule has 0 saturated heterocycles. The Kier molecular flexibility index (Phi) is 7.15. The lowest BCUT2D eigenvalue weighted by Crippen LogP contribution is -2.27. The molecule has 0 aliphatic heterocycles. The molecule has 0 spiro atoms. The summed E-state index contributed by atoms with van der Waals surface area (Å²) < 4.78 is 2.03. The van der Waals surface area contributed by atoms with Gasteiger partial charge in [0, 0.05) is 34.3 Å². The highest BCUT2D eigenvalue weighted by Gasteiger charge is 2.16. The number of hydrogen-bond donors (Lipinski definition) is 2. The molecule has 2 amide bonds. The quantitative estimate of drug-likeness (QED) is 0.581. The summed E-state index contributed by atoms with van der Waals surface area (Å²) in [4.78, 5) is 26.6. The normalized spacial score (nSPS) is 10.9. The summed E-state index contributed by atoms with van der Waals surface area (Å²) in [5, 5.41) is 6.52. The summed E-state index contributed by atoms with van der Waals surface area (Å²) in [7, 11) is 3.69. The lowest BCUT2D eigenvalue weighted by molar-refractivity contribution is -0.116. The Bertz CT molecular complexity index is 1090. The first kappa shape index (κ1) is 22.6. The average molecular weight is 439 g/mol. The molecule has 0 saturated carbocycles. The van der Waals surface area contributed by atoms with Gasteiger partial charge in [-0.2, -0.15) is 0 Å². The molecule has 0 bridgehead atoms. The molecule has 3 rings (SSSR count). The maximum Gasteiger partial charge on any atom is 0.253 e. The van der Waals surface area contributed by atoms with E-state index < -0.39 is 0 Å². The van der Waals surface area contributed by atoms with Crippen molar-refractivity contribution in [1.29, 1.82) is 0 Å². The van der Waals surface area contributed by atoms with Crippen LogP contribution in [0.1, 0.15) is 27.3 Å². The number of nitrogens with zero attached hydrogens (tertiary/aromatic N) is 2. The Hall–Kier alpha value is -3.09. The van der Waals surface area contributed by atoms with Crippen molar-refractivity contribution in [3.8, 4) is 5.69 Å². The SMILES string of the molecule is Cc1cc(C(=O)NCc2cccc(NC(=O)CN(C)C)c2)c(C)n1-c1ccc(Cl)cc1. The maximum atomic E-state index is 12.9. The van der Waals surface area contributed by atoms with Crippen LogP contribution in [0.4, 0.5) is 5.69 Å². The van der Waals surface area contributed by atoms with E-state index in [1.54, 1.807) is 4.90 Å². The highest BCUT2D eigenvalue weighted by molar-refractivity contribution is 6.30. The lowest BCUT2D eigenvalue weighted by atomic mass is 10.2. The summed E-state index contributed by atoms with van der Waals surface area (Å²) in [5.74, 6) is -0.226. The Labute approximate surface area is 187 Å². The number of nitrogens with one attached hydrogen (secondary N) is 2. The third-order valence-electron chi connectivity index (χ3n) is 4.88. The largest absolute Gasteiger partial charge is 0.348 e. The fourth-order valence-electron chi connectivity index (χ4n) is 3.50. The van der Waals surface area contributed by atoms with Crippen molar-refractivity contribution in [2.75, 3.05) is 26.0 Å². The van der Waals surface area contributed by atoms with Crippen molar-refractivity contribution in [3.63, 3.8) is 0 Å². The molecule has 7 heteroatoms. The van der Waals surface area contributed by atoms with Crippen LogP contribution in [0.25, 0.3) is 5.69 Å². The van der Waals surface area contributed by atoms with Crippen molar-refractivity contribution >= 4 is 29.1 Å². The molecule has 1 aromatic heterocycles. The van der Waals surface area contributed by atoms with Crippen LogP contribution in [0.5, 0.6) is 0 Å². The number of carbonyl (C=O) groups excluding carboxylic acids is 2. The highest BCUT2D eigenvalue weighted by atomic mass is 35.5. The summed E-state index contributed by atoms with van der Waals surface area (Å²) in [6, 6.07) is 16.9. The van der Waals surface area contributed by atoms with Gasteiger partial charge in [-0.1, -0.05) is 23.7 Å². The van der Waals surface area contributed by atoms with Crippen molar-refractivity contribution in [1.82, 2.24) is 14.8 Å². The van der Waals surface area contributed by atoms with Gasteiger partial charge in [0.2, 0.25) is 5.91 Å². The minimum absolute atomic E-state index is 0.0826. The number of aryl methyl sites for hydroxylation is 1. The number of benzene rings is 2. The van der Waals surface area contributed by atoms with Crippen LogP contribution in [-0.2, 0) is 11.3 Å². The molecule has 3 aromatic rings. The van der Waals surface area contributed by atoms with Crippen LogP contribution >= 0.6 is 11.6 Å². The molecule has 0 aliphatic carbocycles. The molecule has 2 N–H and O–H groups in total. The van der Waals surface area contributed by atoms with Gasteiger partial charge < -0.3 is 20.1 Å². The van der Waals surface area contributed by atoms with E-state index in [0.29, 0.717) is 29.4 Å². The van der Waals surface area contributed by atoms with Crippen molar-refractivity contribution in [2.24, 2.45) is 0 Å². The summed E-state index contributed by atoms with van der Waals surface area (Å²) >= 11 is 6.00. The predicted molar refractivity (Wildman–Crippen MR) is 125 cm³/mol. The number of carbonyl (C=O) groups is 2. The van der Waals surface area contributed by atoms with Crippen LogP contribution < -0.4 is 10.6 Å². The average Bonchev–Trinajstić information content (AvgIpc) is 3.01. The van der Waals surface area contributed by atoms with Gasteiger partial charge in [-0.05, 0) is 76.0 Å². The number of likely N-dealkylation sites (N-methyl/N-ethyl adjacent to an activating group) is 1. The van der Waals surface area contributed by atoms with Gasteiger partial charge in [0.1, 0.15) is 0 Å². The summed E-state index contributed by atoms with van der Waals surface area (Å²) in [6.07, 6.45) is 0. The smallest absolute Gasteiger partial charge is 0.253 e. The van der Waals surface area contributed by atoms with Crippen LogP contribution in [0.3, 0.4) is 0 Å². The number of aromatic nitrogens is 1. The molecule has 6 nitrogen and oxygen atoms in total. The number of halogens is 1. The fourth-order valence-corrected chi connectivity index (χ4v) is 3.63. The predicted octanol–water partition coefficient (Wildman–Crippen LogP) is 4.18. The third-order valence-corrected chi connectivity index (χ3v) is 5.14. The van der Waals surface area contributed by atoms with E-state index in [9.17, 15) is 9.59 Å². The maximum absolute atomic E-state index is 12.9. The molecule has 0 aliphatic rings. The number of hydrogen-bond acceptors (Lipinski definition) is 3. The Morgan fingerprint density at radius 3 is 2.42 bits per heavy atom. The van der Waals surface area contributed by atoms with Gasteiger partial charge in [0.25, 0.3) is 5.91 Å². The monoisotopic (exact) mass is 438 g/mol. The van der Waals surface area contributed by atoms with E-state index in [-0.39, 0.29) is 11.8 Å². The zero-order valence-corrected chi connectivity index (χ0v) is 19.0. The molecular weight excluding hydrogens is 412 g/mol. The number of rotatable bonds is 7. The molecule has 0 atom stereocenters. The van der Waals surface area contributed by atoms with Gasteiger partial charge in [-0.15, -0.1) is 0 Å². The van der Waals surface area contributed by atoms with Crippen molar-refractivity contribution in [3.05, 3.63) is 82.1 Å². The first-order valence-electron chi connectivity index (χ1n) is 10.0. The van der Waals surface area contributed by atoms with Crippen LogP contribution in [0, 0.1) is 13.8 Å². The second kappa shape index (κ2) is 9.81. The first-order valence-corrected chi connectivity index (χ1v) is 10.4. The summed E-state index contributed by atoms with van der Waals surface area (Å²) in [6.45, 7) is 4.57. The minimum atomic E-state index is -0.143. The zero-order chi connectivity index (χ0) is 22.5. The Balaban J connectivity index is 1.69. The Morgan fingerprint density at radius 1 is 1.03 bits per heavy atom. The van der Waals surface area contributed by atoms with Gasteiger partial charge in [-0.3, -0.25) is 9.59 Å². The number of amides is 2. The molecule has 162 valence electrons. The molecule has 31 heavy (non-hydrogen) atoms. The van der Waals surface area contributed by atoms with E-state index in [1.165, 1.54) is 0 Å². The third kappa shape index (κ3) is 5.75. The lowest BCUT2D eigenvalue weighted by Gasteiger charge is -2.12. The zero-order valence-electron chi connectivity index (χ0n) is 18.2. The second-order valence-corrected chi connectivity index (χ2v) is 8.20. The van der Waals surface area contributed by atoms with Gasteiger partial charge in [0.05, 0.1) is 12.1 Å². The molecule has 0 fully saturated rings. The molecule has 2 aromatic carbocycles. The van der Waals surface area contributed by atoms with E-state index in [1.807, 2.05) is 87.1 Å². The molecule has 0 radical (unpaired) electrons. The summed E-state index contributed by atoms with van der Waals surface area (Å²) in [5.41, 5.74) is 5.03. The van der Waals surface area contributed by atoms with Crippen molar-refractivity contribution < 1.29 is 9.59 Å². The topological polar surface area (TPSA) is 66.4 Å². The number of anilines is 1. The molecular formula is C24H27ClN4O2. The van der Waals surface area contributed by atoms with Gasteiger partial charge in [-0.25, -0.2) is 0 Å². The van der Waals surface area contributed by atoms with E-state index in [2.05, 4.69) is 10.6 Å². The molecule has 0 unspecified atom stereocenters. The molecule has 1 heterocycles. The van der Waals surface area contributed by atoms with E-state index in [0.717, 1.165) is 22.6 Å². The van der Waals surface area contributed by atoms with Gasteiger partial charge >= 0.3 is 0 Å². The fraction of sp³-hybridized carbons (Fsp3) is 0.250. The first-order chi connectivity index (χ1) is 14.7. The minimum Gasteiger partial charge on any atom is -0.348 e. The van der Waals surface area contributed by atoms with Crippen molar-refractivity contribution in [2.45, 2.75) is 20.4 Å². The highest BCUT2D eigenvalue weighted by Crippen LogP contribution is 2.22. The second-order valence-electron chi connectivity index (χ2n) is 7.77. The van der Waals surface area contributed by atoms with E-state index >= 15 is 0 Å². The van der Waals surface area contributed by atoms with Crippen LogP contribution in [0.2, 0.25) is 5.02 Å². The van der Waals surface area contributed by atoms with Gasteiger partial charge in [0.15, 0.2) is 0 Å². The Morgan fingerprint density at radius 2 is 1.74 bits per heavy atom. The van der Waals surface area contributed by atoms with E-state index in [4.69, 9.17) is 11.6 Å². The van der Waals surface area contributed by atoms with Crippen LogP contribution in [0.15, 0.2) is 54.6 Å².